The normalized spacial score (nSPS) is 12.7. The quantitative estimate of drug-likeness (QED) is 0.453. The van der Waals surface area contributed by atoms with Crippen LogP contribution in [-0.2, 0) is 21.2 Å². The second kappa shape index (κ2) is 10.8. The molecular weight excluding hydrogens is 471 g/mol. The molecule has 184 valence electrons. The summed E-state index contributed by atoms with van der Waals surface area (Å²) < 4.78 is 52.5. The van der Waals surface area contributed by atoms with E-state index in [1.807, 2.05) is 25.1 Å². The summed E-state index contributed by atoms with van der Waals surface area (Å²) in [7, 11) is -4.16. The molecule has 0 aromatic heterocycles. The average Bonchev–Trinajstić information content (AvgIpc) is 2.85. The van der Waals surface area contributed by atoms with Gasteiger partial charge in [-0.1, -0.05) is 29.8 Å². The fourth-order valence-corrected chi connectivity index (χ4v) is 5.25. The van der Waals surface area contributed by atoms with Crippen molar-refractivity contribution >= 4 is 21.6 Å². The molecule has 7 nitrogen and oxygen atoms in total. The van der Waals surface area contributed by atoms with E-state index < -0.39 is 28.3 Å². The van der Waals surface area contributed by atoms with Crippen LogP contribution in [-0.4, -0.2) is 40.6 Å². The van der Waals surface area contributed by atoms with Crippen molar-refractivity contribution in [3.8, 4) is 11.5 Å². The molecule has 0 radical (unpaired) electrons. The molecule has 0 saturated carbocycles. The van der Waals surface area contributed by atoms with E-state index in [1.54, 1.807) is 0 Å². The van der Waals surface area contributed by atoms with E-state index in [4.69, 9.17) is 9.47 Å². The number of sulfonamides is 1. The molecule has 0 unspecified atom stereocenters. The first-order valence-electron chi connectivity index (χ1n) is 11.3. The van der Waals surface area contributed by atoms with Crippen LogP contribution in [0, 0.1) is 12.7 Å². The van der Waals surface area contributed by atoms with Crippen molar-refractivity contribution in [2.24, 2.45) is 0 Å². The number of amides is 1. The number of hydrogen-bond acceptors (Lipinski definition) is 5. The maximum atomic E-state index is 13.5. The number of rotatable bonds is 9. The molecule has 0 spiro atoms. The molecule has 1 heterocycles. The molecule has 0 aliphatic carbocycles. The molecule has 1 aliphatic rings. The van der Waals surface area contributed by atoms with Crippen molar-refractivity contribution in [2.75, 3.05) is 30.6 Å². The monoisotopic (exact) mass is 498 g/mol. The van der Waals surface area contributed by atoms with Gasteiger partial charge in [0.2, 0.25) is 5.91 Å². The van der Waals surface area contributed by atoms with Crippen molar-refractivity contribution in [1.29, 1.82) is 0 Å². The highest BCUT2D eigenvalue weighted by Gasteiger charge is 2.29. The van der Waals surface area contributed by atoms with Crippen LogP contribution in [0.25, 0.3) is 0 Å². The number of nitrogens with one attached hydrogen (secondary N) is 1. The minimum Gasteiger partial charge on any atom is -0.486 e. The van der Waals surface area contributed by atoms with Gasteiger partial charge in [-0.2, -0.15) is 0 Å². The van der Waals surface area contributed by atoms with Crippen LogP contribution in [0.15, 0.2) is 71.6 Å². The lowest BCUT2D eigenvalue weighted by Crippen LogP contribution is -2.41. The first-order valence-corrected chi connectivity index (χ1v) is 12.8. The summed E-state index contributed by atoms with van der Waals surface area (Å²) in [4.78, 5) is 12.7. The molecule has 3 aromatic carbocycles. The third-order valence-corrected chi connectivity index (χ3v) is 7.32. The van der Waals surface area contributed by atoms with Crippen LogP contribution in [0.1, 0.15) is 17.5 Å². The molecular formula is C26H27FN2O5S. The SMILES string of the molecule is Cc1cccc(CCCNC(=O)CN(c2ccc(F)cc2)S(=O)(=O)c2ccc3c(c2)OCCO3)c1. The molecule has 0 atom stereocenters. The average molecular weight is 499 g/mol. The number of ether oxygens (including phenoxy) is 2. The highest BCUT2D eigenvalue weighted by atomic mass is 32.2. The number of fused-ring (bicyclic) bond motifs is 1. The Balaban J connectivity index is 1.48. The Kier molecular flexibility index (Phi) is 7.55. The number of aryl methyl sites for hydroxylation is 2. The predicted octanol–water partition coefficient (Wildman–Crippen LogP) is 3.85. The maximum absolute atomic E-state index is 13.5. The standard InChI is InChI=1S/C26H27FN2O5S/c1-19-4-2-5-20(16-19)6-3-13-28-26(30)18-29(22-9-7-21(27)8-10-22)35(31,32)23-11-12-24-25(17-23)34-15-14-33-24/h2,4-5,7-12,16-17H,3,6,13-15,18H2,1H3,(H,28,30). The number of carbonyl (C=O) groups is 1. The van der Waals surface area contributed by atoms with Crippen LogP contribution in [0.2, 0.25) is 0 Å². The Hall–Kier alpha value is -3.59. The molecule has 0 saturated heterocycles. The second-order valence-electron chi connectivity index (χ2n) is 8.24. The predicted molar refractivity (Wildman–Crippen MR) is 131 cm³/mol. The highest BCUT2D eigenvalue weighted by Crippen LogP contribution is 2.34. The van der Waals surface area contributed by atoms with E-state index in [2.05, 4.69) is 11.4 Å². The maximum Gasteiger partial charge on any atom is 0.264 e. The second-order valence-corrected chi connectivity index (χ2v) is 10.1. The van der Waals surface area contributed by atoms with E-state index in [1.165, 1.54) is 41.5 Å². The van der Waals surface area contributed by atoms with Gasteiger partial charge >= 0.3 is 0 Å². The van der Waals surface area contributed by atoms with E-state index in [0.29, 0.717) is 37.7 Å². The summed E-state index contributed by atoms with van der Waals surface area (Å²) in [6, 6.07) is 17.4. The summed E-state index contributed by atoms with van der Waals surface area (Å²) in [6.45, 7) is 2.66. The van der Waals surface area contributed by atoms with E-state index in [9.17, 15) is 17.6 Å². The first kappa shape index (κ1) is 24.5. The zero-order valence-corrected chi connectivity index (χ0v) is 20.2. The molecule has 3 aromatic rings. The van der Waals surface area contributed by atoms with Crippen molar-refractivity contribution < 1.29 is 27.1 Å². The van der Waals surface area contributed by atoms with Gasteiger partial charge in [0.05, 0.1) is 10.6 Å². The smallest absolute Gasteiger partial charge is 0.264 e. The fraction of sp³-hybridized carbons (Fsp3) is 0.269. The third-order valence-electron chi connectivity index (χ3n) is 5.55. The number of carbonyl (C=O) groups excluding carboxylic acids is 1. The summed E-state index contributed by atoms with van der Waals surface area (Å²) in [5.74, 6) is -0.197. The fourth-order valence-electron chi connectivity index (χ4n) is 3.81. The van der Waals surface area contributed by atoms with Gasteiger partial charge in [0.15, 0.2) is 11.5 Å². The minimum atomic E-state index is -4.16. The lowest BCUT2D eigenvalue weighted by atomic mass is 10.1. The van der Waals surface area contributed by atoms with Gasteiger partial charge in [-0.3, -0.25) is 9.10 Å². The Morgan fingerprint density at radius 3 is 2.49 bits per heavy atom. The first-order chi connectivity index (χ1) is 16.8. The van der Waals surface area contributed by atoms with Crippen LogP contribution < -0.4 is 19.1 Å². The van der Waals surface area contributed by atoms with Crippen molar-refractivity contribution in [3.63, 3.8) is 0 Å². The Morgan fingerprint density at radius 2 is 1.74 bits per heavy atom. The number of halogens is 1. The lowest BCUT2D eigenvalue weighted by molar-refractivity contribution is -0.119. The van der Waals surface area contributed by atoms with Crippen LogP contribution in [0.4, 0.5) is 10.1 Å². The van der Waals surface area contributed by atoms with E-state index in [-0.39, 0.29) is 10.6 Å². The topological polar surface area (TPSA) is 84.9 Å². The van der Waals surface area contributed by atoms with Crippen molar-refractivity contribution in [2.45, 2.75) is 24.7 Å². The van der Waals surface area contributed by atoms with Gasteiger partial charge in [-0.15, -0.1) is 0 Å². The minimum absolute atomic E-state index is 0.0571. The van der Waals surface area contributed by atoms with Crippen LogP contribution >= 0.6 is 0 Å². The zero-order chi connectivity index (χ0) is 24.8. The summed E-state index contributed by atoms with van der Waals surface area (Å²) in [5.41, 5.74) is 2.52. The van der Waals surface area contributed by atoms with Gasteiger partial charge in [0.25, 0.3) is 10.0 Å². The van der Waals surface area contributed by atoms with Gasteiger partial charge in [0, 0.05) is 12.6 Å². The zero-order valence-electron chi connectivity index (χ0n) is 19.4. The van der Waals surface area contributed by atoms with Gasteiger partial charge in [-0.25, -0.2) is 12.8 Å². The molecule has 4 rings (SSSR count). The van der Waals surface area contributed by atoms with E-state index in [0.717, 1.165) is 22.9 Å². The van der Waals surface area contributed by atoms with Crippen molar-refractivity contribution in [3.05, 3.63) is 83.7 Å². The molecule has 1 amide bonds. The van der Waals surface area contributed by atoms with Gasteiger partial charge in [-0.05, 0) is 61.7 Å². The van der Waals surface area contributed by atoms with Gasteiger partial charge in [0.1, 0.15) is 25.6 Å². The Labute approximate surface area is 204 Å². The summed E-state index contributed by atoms with van der Waals surface area (Å²) >= 11 is 0. The van der Waals surface area contributed by atoms with Crippen molar-refractivity contribution in [1.82, 2.24) is 5.32 Å². The largest absolute Gasteiger partial charge is 0.486 e. The number of benzene rings is 3. The molecule has 1 N–H and O–H groups in total. The molecule has 1 aliphatic heterocycles. The highest BCUT2D eigenvalue weighted by molar-refractivity contribution is 7.92. The number of nitrogens with zero attached hydrogens (tertiary/aromatic N) is 1. The van der Waals surface area contributed by atoms with Crippen LogP contribution in [0.3, 0.4) is 0 Å². The molecule has 35 heavy (non-hydrogen) atoms. The van der Waals surface area contributed by atoms with Gasteiger partial charge < -0.3 is 14.8 Å². The molecule has 0 fully saturated rings. The number of anilines is 1. The summed E-state index contributed by atoms with van der Waals surface area (Å²) in [5, 5.41) is 2.79. The Bertz CT molecular complexity index is 1300. The van der Waals surface area contributed by atoms with E-state index >= 15 is 0 Å². The molecule has 0 bridgehead atoms. The summed E-state index contributed by atoms with van der Waals surface area (Å²) in [6.07, 6.45) is 1.50. The van der Waals surface area contributed by atoms with Crippen LogP contribution in [0.5, 0.6) is 11.5 Å². The lowest BCUT2D eigenvalue weighted by Gasteiger charge is -2.25. The third kappa shape index (κ3) is 6.10. The number of hydrogen-bond donors (Lipinski definition) is 1. The molecule has 9 heteroatoms. The Morgan fingerprint density at radius 1 is 1.00 bits per heavy atom.